The number of carbonyl (C=O) groups is 2. The maximum atomic E-state index is 12.9. The number of nitrogens with zero attached hydrogens (tertiary/aromatic N) is 2. The van der Waals surface area contributed by atoms with Crippen LogP contribution in [0.15, 0.2) is 48.5 Å². The molecule has 2 aromatic carbocycles. The van der Waals surface area contributed by atoms with Crippen LogP contribution in [0.3, 0.4) is 0 Å². The lowest BCUT2D eigenvalue weighted by Crippen LogP contribution is -2.52. The van der Waals surface area contributed by atoms with Crippen molar-refractivity contribution in [2.75, 3.05) is 38.0 Å². The Hall–Kier alpha value is -3.27. The van der Waals surface area contributed by atoms with Crippen molar-refractivity contribution >= 4 is 17.6 Å². The van der Waals surface area contributed by atoms with E-state index in [2.05, 4.69) is 15.4 Å². The summed E-state index contributed by atoms with van der Waals surface area (Å²) in [5.74, 6) is -0.577. The smallest absolute Gasteiger partial charge is 0.387 e. The van der Waals surface area contributed by atoms with Gasteiger partial charge in [0.25, 0.3) is 0 Å². The Labute approximate surface area is 177 Å². The van der Waals surface area contributed by atoms with Gasteiger partial charge in [-0.2, -0.15) is 8.78 Å². The Morgan fingerprint density at radius 2 is 1.68 bits per heavy atom. The highest BCUT2D eigenvalue weighted by Crippen LogP contribution is 2.20. The molecule has 0 aromatic heterocycles. The van der Waals surface area contributed by atoms with Crippen molar-refractivity contribution in [3.05, 3.63) is 59.9 Å². The van der Waals surface area contributed by atoms with Gasteiger partial charge in [-0.3, -0.25) is 9.69 Å². The third-order valence-electron chi connectivity index (χ3n) is 4.77. The number of alkyl halides is 2. The highest BCUT2D eigenvalue weighted by atomic mass is 19.3. The Morgan fingerprint density at radius 3 is 2.35 bits per heavy atom. The van der Waals surface area contributed by atoms with Crippen LogP contribution in [0.1, 0.15) is 5.56 Å². The summed E-state index contributed by atoms with van der Waals surface area (Å²) in [5.41, 5.74) is 0.966. The second-order valence-electron chi connectivity index (χ2n) is 6.96. The van der Waals surface area contributed by atoms with Crippen LogP contribution >= 0.6 is 0 Å². The standard InChI is InChI=1S/C21H23F3N4O3/c22-16-5-7-17(8-6-16)26-19(29)14-27-9-11-28(12-10-27)21(30)25-13-15-3-1-2-4-18(15)31-20(23)24/h1-8,20H,9-14H2,(H,25,30)(H,26,29). The Kier molecular flexibility index (Phi) is 7.71. The number of piperazine rings is 1. The monoisotopic (exact) mass is 436 g/mol. The summed E-state index contributed by atoms with van der Waals surface area (Å²) >= 11 is 0. The number of benzene rings is 2. The fourth-order valence-electron chi connectivity index (χ4n) is 3.19. The van der Waals surface area contributed by atoms with E-state index in [1.165, 1.54) is 30.3 Å². The molecular weight excluding hydrogens is 413 g/mol. The summed E-state index contributed by atoms with van der Waals surface area (Å²) in [6.07, 6.45) is 0. The fourth-order valence-corrected chi connectivity index (χ4v) is 3.19. The van der Waals surface area contributed by atoms with Crippen LogP contribution in [0.5, 0.6) is 5.75 Å². The van der Waals surface area contributed by atoms with Crippen LogP contribution in [0, 0.1) is 5.82 Å². The number of hydrogen-bond acceptors (Lipinski definition) is 4. The van der Waals surface area contributed by atoms with Gasteiger partial charge < -0.3 is 20.3 Å². The van der Waals surface area contributed by atoms with Gasteiger partial charge in [-0.05, 0) is 30.3 Å². The number of nitrogens with one attached hydrogen (secondary N) is 2. The highest BCUT2D eigenvalue weighted by Gasteiger charge is 2.22. The second-order valence-corrected chi connectivity index (χ2v) is 6.96. The highest BCUT2D eigenvalue weighted by molar-refractivity contribution is 5.92. The zero-order valence-electron chi connectivity index (χ0n) is 16.7. The van der Waals surface area contributed by atoms with E-state index in [0.717, 1.165) is 0 Å². The quantitative estimate of drug-likeness (QED) is 0.700. The second kappa shape index (κ2) is 10.7. The molecule has 0 bridgehead atoms. The minimum atomic E-state index is -2.94. The van der Waals surface area contributed by atoms with Gasteiger partial charge in [0.05, 0.1) is 6.54 Å². The van der Waals surface area contributed by atoms with Crippen molar-refractivity contribution in [2.24, 2.45) is 0 Å². The van der Waals surface area contributed by atoms with Crippen molar-refractivity contribution in [3.8, 4) is 5.75 Å². The first-order valence-corrected chi connectivity index (χ1v) is 9.74. The number of hydrogen-bond donors (Lipinski definition) is 2. The van der Waals surface area contributed by atoms with Gasteiger partial charge >= 0.3 is 12.6 Å². The average molecular weight is 436 g/mol. The Bertz CT molecular complexity index is 888. The van der Waals surface area contributed by atoms with Gasteiger partial charge in [0.2, 0.25) is 5.91 Å². The van der Waals surface area contributed by atoms with E-state index < -0.39 is 6.61 Å². The number of carbonyl (C=O) groups excluding carboxylic acids is 2. The molecule has 10 heteroatoms. The van der Waals surface area contributed by atoms with Crippen molar-refractivity contribution in [3.63, 3.8) is 0 Å². The fraction of sp³-hybridized carbons (Fsp3) is 0.333. The molecule has 2 aromatic rings. The van der Waals surface area contributed by atoms with E-state index in [0.29, 0.717) is 37.4 Å². The number of amides is 3. The molecule has 1 aliphatic rings. The van der Waals surface area contributed by atoms with E-state index in [4.69, 9.17) is 0 Å². The number of para-hydroxylation sites is 1. The molecule has 1 saturated heterocycles. The van der Waals surface area contributed by atoms with Crippen molar-refractivity contribution in [1.82, 2.24) is 15.1 Å². The molecule has 3 rings (SSSR count). The van der Waals surface area contributed by atoms with E-state index in [1.54, 1.807) is 23.1 Å². The predicted molar refractivity (Wildman–Crippen MR) is 108 cm³/mol. The number of halogens is 3. The van der Waals surface area contributed by atoms with E-state index in [-0.39, 0.29) is 36.6 Å². The molecule has 1 fully saturated rings. The Balaban J connectivity index is 1.41. The average Bonchev–Trinajstić information content (AvgIpc) is 2.74. The SMILES string of the molecule is O=C(CN1CCN(C(=O)NCc2ccccc2OC(F)F)CC1)Nc1ccc(F)cc1. The first-order chi connectivity index (χ1) is 14.9. The molecule has 2 N–H and O–H groups in total. The zero-order chi connectivity index (χ0) is 22.2. The first-order valence-electron chi connectivity index (χ1n) is 9.74. The molecule has 3 amide bonds. The largest absolute Gasteiger partial charge is 0.434 e. The molecule has 0 radical (unpaired) electrons. The molecule has 0 saturated carbocycles. The molecule has 0 unspecified atom stereocenters. The Morgan fingerprint density at radius 1 is 1.00 bits per heavy atom. The van der Waals surface area contributed by atoms with Crippen molar-refractivity contribution in [2.45, 2.75) is 13.2 Å². The predicted octanol–water partition coefficient (Wildman–Crippen LogP) is 2.89. The van der Waals surface area contributed by atoms with Gasteiger partial charge in [-0.1, -0.05) is 18.2 Å². The van der Waals surface area contributed by atoms with Crippen LogP contribution in [0.25, 0.3) is 0 Å². The maximum Gasteiger partial charge on any atom is 0.387 e. The van der Waals surface area contributed by atoms with Crippen LogP contribution in [-0.2, 0) is 11.3 Å². The van der Waals surface area contributed by atoms with Crippen LogP contribution in [0.4, 0.5) is 23.7 Å². The number of rotatable bonds is 7. The zero-order valence-corrected chi connectivity index (χ0v) is 16.7. The molecule has 7 nitrogen and oxygen atoms in total. The normalized spacial score (nSPS) is 14.4. The molecule has 1 aliphatic heterocycles. The van der Waals surface area contributed by atoms with Crippen molar-refractivity contribution in [1.29, 1.82) is 0 Å². The molecular formula is C21H23F3N4O3. The molecule has 166 valence electrons. The topological polar surface area (TPSA) is 73.9 Å². The van der Waals surface area contributed by atoms with Gasteiger partial charge in [-0.25, -0.2) is 9.18 Å². The van der Waals surface area contributed by atoms with E-state index >= 15 is 0 Å². The summed E-state index contributed by atoms with van der Waals surface area (Å²) in [6, 6.07) is 11.5. The minimum Gasteiger partial charge on any atom is -0.434 e. The maximum absolute atomic E-state index is 12.9. The lowest BCUT2D eigenvalue weighted by molar-refractivity contribution is -0.117. The molecule has 31 heavy (non-hydrogen) atoms. The van der Waals surface area contributed by atoms with Gasteiger partial charge in [0.15, 0.2) is 0 Å². The third-order valence-corrected chi connectivity index (χ3v) is 4.77. The molecule has 0 atom stereocenters. The van der Waals surface area contributed by atoms with Crippen molar-refractivity contribution < 1.29 is 27.5 Å². The number of ether oxygens (including phenoxy) is 1. The van der Waals surface area contributed by atoms with Gasteiger partial charge in [0, 0.05) is 44.0 Å². The first kappa shape index (κ1) is 22.4. The lowest BCUT2D eigenvalue weighted by Gasteiger charge is -2.34. The molecule has 0 aliphatic carbocycles. The summed E-state index contributed by atoms with van der Waals surface area (Å²) in [6.45, 7) is -0.863. The molecule has 1 heterocycles. The van der Waals surface area contributed by atoms with Gasteiger partial charge in [0.1, 0.15) is 11.6 Å². The summed E-state index contributed by atoms with van der Waals surface area (Å²) in [4.78, 5) is 28.1. The van der Waals surface area contributed by atoms with Gasteiger partial charge in [-0.15, -0.1) is 0 Å². The lowest BCUT2D eigenvalue weighted by atomic mass is 10.2. The summed E-state index contributed by atoms with van der Waals surface area (Å²) < 4.78 is 42.4. The summed E-state index contributed by atoms with van der Waals surface area (Å²) in [7, 11) is 0. The van der Waals surface area contributed by atoms with E-state index in [9.17, 15) is 22.8 Å². The molecule has 0 spiro atoms. The number of urea groups is 1. The van der Waals surface area contributed by atoms with Crippen LogP contribution in [0.2, 0.25) is 0 Å². The van der Waals surface area contributed by atoms with Crippen LogP contribution < -0.4 is 15.4 Å². The van der Waals surface area contributed by atoms with E-state index in [1.807, 2.05) is 4.90 Å². The number of anilines is 1. The third kappa shape index (κ3) is 6.88. The minimum absolute atomic E-state index is 0.0230. The summed E-state index contributed by atoms with van der Waals surface area (Å²) in [5, 5.41) is 5.41. The van der Waals surface area contributed by atoms with Crippen LogP contribution in [-0.4, -0.2) is 61.1 Å².